The molecule has 34 heavy (non-hydrogen) atoms. The van der Waals surface area contributed by atoms with Crippen LogP contribution in [0, 0.1) is 5.82 Å². The molecule has 3 aromatic heterocycles. The van der Waals surface area contributed by atoms with Crippen LogP contribution < -0.4 is 0 Å². The molecular formula is C25H26FN7S. The Morgan fingerprint density at radius 1 is 1.15 bits per heavy atom. The molecule has 0 radical (unpaired) electrons. The zero-order valence-electron chi connectivity index (χ0n) is 18.8. The van der Waals surface area contributed by atoms with Crippen molar-refractivity contribution < 1.29 is 4.39 Å². The van der Waals surface area contributed by atoms with Crippen LogP contribution in [0.15, 0.2) is 60.4 Å². The molecule has 2 atom stereocenters. The number of hydrogen-bond donors (Lipinski definition) is 1. The van der Waals surface area contributed by atoms with Crippen molar-refractivity contribution in [3.63, 3.8) is 0 Å². The highest BCUT2D eigenvalue weighted by atomic mass is 32.2. The van der Waals surface area contributed by atoms with E-state index in [1.807, 2.05) is 29.1 Å². The van der Waals surface area contributed by atoms with Gasteiger partial charge in [-0.15, -0.1) is 10.2 Å². The number of thioether (sulfide) groups is 1. The van der Waals surface area contributed by atoms with E-state index in [4.69, 9.17) is 0 Å². The molecular weight excluding hydrogens is 449 g/mol. The average molecular weight is 476 g/mol. The quantitative estimate of drug-likeness (QED) is 0.314. The second-order valence-corrected chi connectivity index (χ2v) is 9.95. The van der Waals surface area contributed by atoms with Crippen molar-refractivity contribution >= 4 is 11.8 Å². The monoisotopic (exact) mass is 475 g/mol. The minimum atomic E-state index is -0.110. The number of fused-ring (bicyclic) bond motifs is 3. The molecule has 9 heteroatoms. The zero-order valence-corrected chi connectivity index (χ0v) is 19.6. The van der Waals surface area contributed by atoms with Crippen molar-refractivity contribution in [1.29, 1.82) is 0 Å². The smallest absolute Gasteiger partial charge is 0.196 e. The van der Waals surface area contributed by atoms with E-state index in [1.54, 1.807) is 42.5 Å². The van der Waals surface area contributed by atoms with Gasteiger partial charge in [-0.05, 0) is 68.1 Å². The van der Waals surface area contributed by atoms with Crippen LogP contribution in [0.5, 0.6) is 0 Å². The minimum Gasteiger partial charge on any atom is -0.366 e. The molecule has 1 saturated heterocycles. The summed E-state index contributed by atoms with van der Waals surface area (Å²) in [6.07, 6.45) is 13.2. The topological polar surface area (TPSA) is 75.5 Å². The molecule has 1 fully saturated rings. The number of aromatic amines is 1. The van der Waals surface area contributed by atoms with Gasteiger partial charge in [-0.2, -0.15) is 0 Å². The first-order valence-electron chi connectivity index (χ1n) is 11.8. The number of nitrogens with one attached hydrogen (secondary N) is 1. The number of rotatable bonds is 7. The maximum absolute atomic E-state index is 13.9. The zero-order chi connectivity index (χ0) is 22.9. The molecule has 1 aromatic carbocycles. The van der Waals surface area contributed by atoms with Crippen LogP contribution in [0.2, 0.25) is 0 Å². The van der Waals surface area contributed by atoms with Crippen molar-refractivity contribution in [3.8, 4) is 17.2 Å². The van der Waals surface area contributed by atoms with E-state index in [0.717, 1.165) is 48.9 Å². The Hall–Kier alpha value is -3.04. The molecule has 7 nitrogen and oxygen atoms in total. The maximum Gasteiger partial charge on any atom is 0.196 e. The van der Waals surface area contributed by atoms with Crippen LogP contribution in [-0.4, -0.2) is 59.5 Å². The second kappa shape index (κ2) is 9.31. The maximum atomic E-state index is 13.9. The molecule has 2 aliphatic rings. The van der Waals surface area contributed by atoms with E-state index in [1.165, 1.54) is 17.5 Å². The Morgan fingerprint density at radius 3 is 2.97 bits per heavy atom. The van der Waals surface area contributed by atoms with Crippen molar-refractivity contribution in [1.82, 2.24) is 34.6 Å². The summed E-state index contributed by atoms with van der Waals surface area (Å²) in [7, 11) is 0. The van der Waals surface area contributed by atoms with E-state index in [2.05, 4.69) is 30.0 Å². The number of benzene rings is 1. The van der Waals surface area contributed by atoms with Crippen LogP contribution >= 0.6 is 11.8 Å². The van der Waals surface area contributed by atoms with Gasteiger partial charge in [0.15, 0.2) is 11.0 Å². The highest BCUT2D eigenvalue weighted by Crippen LogP contribution is 2.41. The van der Waals surface area contributed by atoms with Gasteiger partial charge in [-0.1, -0.05) is 17.8 Å². The molecule has 1 aliphatic carbocycles. The van der Waals surface area contributed by atoms with Crippen molar-refractivity contribution in [2.24, 2.45) is 0 Å². The molecule has 0 saturated carbocycles. The number of aromatic nitrogens is 6. The van der Waals surface area contributed by atoms with Crippen LogP contribution in [0.3, 0.4) is 0 Å². The fourth-order valence-corrected chi connectivity index (χ4v) is 6.32. The Balaban J connectivity index is 1.11. The lowest BCUT2D eigenvalue weighted by atomic mass is 9.79. The van der Waals surface area contributed by atoms with E-state index < -0.39 is 0 Å². The van der Waals surface area contributed by atoms with Gasteiger partial charge in [-0.25, -0.2) is 9.37 Å². The molecule has 4 heterocycles. The largest absolute Gasteiger partial charge is 0.366 e. The third-order valence-corrected chi connectivity index (χ3v) is 7.98. The Bertz CT molecular complexity index is 1260. The van der Waals surface area contributed by atoms with Crippen molar-refractivity contribution in [3.05, 3.63) is 72.2 Å². The normalized spacial score (nSPS) is 19.8. The lowest BCUT2D eigenvalue weighted by Crippen LogP contribution is -2.35. The SMILES string of the molecule is Fc1ccc2c(c1)C1CCN(CCCSc3nnc(-c4cnccn4)n3-c3cc[nH]c3)C1CC2. The van der Waals surface area contributed by atoms with Crippen LogP contribution in [0.4, 0.5) is 4.39 Å². The molecule has 0 amide bonds. The summed E-state index contributed by atoms with van der Waals surface area (Å²) in [4.78, 5) is 14.3. The number of aryl methyl sites for hydroxylation is 1. The van der Waals surface area contributed by atoms with Gasteiger partial charge in [0.2, 0.25) is 0 Å². The Kier molecular flexibility index (Phi) is 5.88. The lowest BCUT2D eigenvalue weighted by Gasteiger charge is -2.33. The van der Waals surface area contributed by atoms with Crippen LogP contribution in [-0.2, 0) is 6.42 Å². The Morgan fingerprint density at radius 2 is 2.12 bits per heavy atom. The molecule has 4 aromatic rings. The minimum absolute atomic E-state index is 0.110. The predicted octanol–water partition coefficient (Wildman–Crippen LogP) is 4.48. The molecule has 6 rings (SSSR count). The molecule has 1 N–H and O–H groups in total. The van der Waals surface area contributed by atoms with Gasteiger partial charge in [-0.3, -0.25) is 14.5 Å². The third-order valence-electron chi connectivity index (χ3n) is 6.96. The summed E-state index contributed by atoms with van der Waals surface area (Å²) < 4.78 is 15.9. The van der Waals surface area contributed by atoms with Crippen LogP contribution in [0.1, 0.15) is 36.3 Å². The molecule has 2 unspecified atom stereocenters. The summed E-state index contributed by atoms with van der Waals surface area (Å²) in [5.74, 6) is 1.99. The summed E-state index contributed by atoms with van der Waals surface area (Å²) in [5.41, 5.74) is 4.25. The van der Waals surface area contributed by atoms with E-state index in [9.17, 15) is 4.39 Å². The number of H-pyrrole nitrogens is 1. The van der Waals surface area contributed by atoms with Gasteiger partial charge >= 0.3 is 0 Å². The van der Waals surface area contributed by atoms with Crippen molar-refractivity contribution in [2.45, 2.75) is 42.8 Å². The first kappa shape index (κ1) is 21.5. The number of halogens is 1. The fraction of sp³-hybridized carbons (Fsp3) is 0.360. The number of likely N-dealkylation sites (tertiary alicyclic amines) is 1. The number of nitrogens with zero attached hydrogens (tertiary/aromatic N) is 6. The van der Waals surface area contributed by atoms with E-state index >= 15 is 0 Å². The van der Waals surface area contributed by atoms with E-state index in [0.29, 0.717) is 23.5 Å². The van der Waals surface area contributed by atoms with Crippen LogP contribution in [0.25, 0.3) is 17.2 Å². The van der Waals surface area contributed by atoms with Gasteiger partial charge in [0.1, 0.15) is 11.5 Å². The first-order chi connectivity index (χ1) is 16.8. The number of hydrogen-bond acceptors (Lipinski definition) is 6. The van der Waals surface area contributed by atoms with Gasteiger partial charge in [0, 0.05) is 42.5 Å². The standard InChI is InChI=1S/C25H26FN7S/c26-18-4-2-17-3-5-23-20(21(17)14-18)7-12-32(23)11-1-13-34-25-31-30-24(22-16-28-9-10-29-22)33(25)19-6-8-27-15-19/h2,4,6,8-10,14-16,20,23,27H,1,3,5,7,11-13H2. The lowest BCUT2D eigenvalue weighted by molar-refractivity contribution is 0.228. The van der Waals surface area contributed by atoms with E-state index in [-0.39, 0.29) is 5.82 Å². The molecule has 1 aliphatic heterocycles. The average Bonchev–Trinajstić information content (AvgIpc) is 3.62. The third kappa shape index (κ3) is 4.03. The highest BCUT2D eigenvalue weighted by Gasteiger charge is 2.38. The first-order valence-corrected chi connectivity index (χ1v) is 12.8. The fourth-order valence-electron chi connectivity index (χ4n) is 5.45. The summed E-state index contributed by atoms with van der Waals surface area (Å²) >= 11 is 1.72. The predicted molar refractivity (Wildman–Crippen MR) is 130 cm³/mol. The molecule has 0 bridgehead atoms. The molecule has 174 valence electrons. The Labute approximate surface area is 201 Å². The van der Waals surface area contributed by atoms with Gasteiger partial charge < -0.3 is 4.98 Å². The summed E-state index contributed by atoms with van der Waals surface area (Å²) in [6.45, 7) is 2.14. The van der Waals surface area contributed by atoms with Crippen molar-refractivity contribution in [2.75, 3.05) is 18.8 Å². The highest BCUT2D eigenvalue weighted by molar-refractivity contribution is 7.99. The second-order valence-electron chi connectivity index (χ2n) is 8.88. The van der Waals surface area contributed by atoms with Gasteiger partial charge in [0.05, 0.1) is 11.9 Å². The molecule has 0 spiro atoms. The summed E-state index contributed by atoms with van der Waals surface area (Å²) in [6, 6.07) is 7.89. The summed E-state index contributed by atoms with van der Waals surface area (Å²) in [5, 5.41) is 9.73. The van der Waals surface area contributed by atoms with Gasteiger partial charge in [0.25, 0.3) is 0 Å².